The number of ether oxygens (including phenoxy) is 2. The Morgan fingerprint density at radius 2 is 1.78 bits per heavy atom. The topological polar surface area (TPSA) is 76.2 Å². The largest absolute Gasteiger partial charge is 0.466 e. The van der Waals surface area contributed by atoms with E-state index in [0.29, 0.717) is 19.6 Å². The van der Waals surface area contributed by atoms with Crippen molar-refractivity contribution in [2.24, 2.45) is 0 Å². The molecule has 0 aromatic carbocycles. The van der Waals surface area contributed by atoms with Crippen LogP contribution in [0.5, 0.6) is 0 Å². The molecule has 1 aliphatic heterocycles. The number of hydrogen-bond donors (Lipinski definition) is 0. The molecule has 0 aromatic rings. The molecule has 0 bridgehead atoms. The van der Waals surface area contributed by atoms with Crippen molar-refractivity contribution in [3.8, 4) is 0 Å². The van der Waals surface area contributed by atoms with Crippen molar-refractivity contribution in [3.63, 3.8) is 0 Å². The maximum Gasteiger partial charge on any atom is 0.410 e. The lowest BCUT2D eigenvalue weighted by atomic mass is 10.1. The molecular formula is C16H28N2O5. The molecule has 0 radical (unpaired) electrons. The summed E-state index contributed by atoms with van der Waals surface area (Å²) in [4.78, 5) is 38.9. The van der Waals surface area contributed by atoms with Gasteiger partial charge in [-0.2, -0.15) is 0 Å². The van der Waals surface area contributed by atoms with Crippen molar-refractivity contribution in [2.45, 2.75) is 59.1 Å². The lowest BCUT2D eigenvalue weighted by Gasteiger charge is -2.45. The highest BCUT2D eigenvalue weighted by molar-refractivity contribution is 5.94. The SMILES string of the molecule is CCCN(C(=O)CC(=O)OCC)C1CN(C(=O)OC(C)(C)C)C1. The van der Waals surface area contributed by atoms with Crippen LogP contribution in [0, 0.1) is 0 Å². The third kappa shape index (κ3) is 6.08. The molecule has 1 heterocycles. The summed E-state index contributed by atoms with van der Waals surface area (Å²) in [5, 5.41) is 0. The van der Waals surface area contributed by atoms with E-state index >= 15 is 0 Å². The van der Waals surface area contributed by atoms with Crippen LogP contribution in [0.1, 0.15) is 47.5 Å². The molecule has 1 saturated heterocycles. The summed E-state index contributed by atoms with van der Waals surface area (Å²) in [5.74, 6) is -0.763. The second-order valence-corrected chi connectivity index (χ2v) is 6.61. The fraction of sp³-hybridized carbons (Fsp3) is 0.812. The summed E-state index contributed by atoms with van der Waals surface area (Å²) >= 11 is 0. The number of carbonyl (C=O) groups excluding carboxylic acids is 3. The van der Waals surface area contributed by atoms with Crippen molar-refractivity contribution in [3.05, 3.63) is 0 Å². The van der Waals surface area contributed by atoms with Gasteiger partial charge in [-0.15, -0.1) is 0 Å². The van der Waals surface area contributed by atoms with Gasteiger partial charge >= 0.3 is 12.1 Å². The summed E-state index contributed by atoms with van der Waals surface area (Å²) < 4.78 is 10.1. The first-order valence-electron chi connectivity index (χ1n) is 8.11. The van der Waals surface area contributed by atoms with E-state index in [2.05, 4.69) is 0 Å². The van der Waals surface area contributed by atoms with Gasteiger partial charge < -0.3 is 19.3 Å². The van der Waals surface area contributed by atoms with E-state index in [1.807, 2.05) is 27.7 Å². The quantitative estimate of drug-likeness (QED) is 0.549. The Kier molecular flexibility index (Phi) is 6.84. The lowest BCUT2D eigenvalue weighted by molar-refractivity contribution is -0.150. The molecule has 0 spiro atoms. The van der Waals surface area contributed by atoms with Gasteiger partial charge in [0.05, 0.1) is 12.6 Å². The van der Waals surface area contributed by atoms with Crippen LogP contribution in [0.15, 0.2) is 0 Å². The maximum atomic E-state index is 12.2. The average Bonchev–Trinajstić information content (AvgIpc) is 2.33. The van der Waals surface area contributed by atoms with Gasteiger partial charge in [-0.05, 0) is 34.1 Å². The van der Waals surface area contributed by atoms with Gasteiger partial charge in [0.25, 0.3) is 0 Å². The van der Waals surface area contributed by atoms with E-state index in [9.17, 15) is 14.4 Å². The molecule has 1 fully saturated rings. The minimum Gasteiger partial charge on any atom is -0.466 e. The summed E-state index contributed by atoms with van der Waals surface area (Å²) in [6.07, 6.45) is 0.164. The molecule has 0 unspecified atom stereocenters. The van der Waals surface area contributed by atoms with Gasteiger partial charge in [-0.25, -0.2) is 4.79 Å². The van der Waals surface area contributed by atoms with Crippen LogP contribution in [0.2, 0.25) is 0 Å². The first kappa shape index (κ1) is 19.3. The highest BCUT2D eigenvalue weighted by Gasteiger charge is 2.38. The van der Waals surface area contributed by atoms with Gasteiger partial charge in [-0.1, -0.05) is 6.92 Å². The number of amides is 2. The molecule has 0 N–H and O–H groups in total. The Hall–Kier alpha value is -1.79. The summed E-state index contributed by atoms with van der Waals surface area (Å²) in [7, 11) is 0. The van der Waals surface area contributed by atoms with Gasteiger partial charge in [-0.3, -0.25) is 9.59 Å². The fourth-order valence-corrected chi connectivity index (χ4v) is 2.32. The maximum absolute atomic E-state index is 12.2. The Labute approximate surface area is 137 Å². The van der Waals surface area contributed by atoms with Gasteiger partial charge in [0.15, 0.2) is 0 Å². The lowest BCUT2D eigenvalue weighted by Crippen LogP contribution is -2.63. The van der Waals surface area contributed by atoms with Crippen molar-refractivity contribution in [2.75, 3.05) is 26.2 Å². The Morgan fingerprint density at radius 3 is 2.26 bits per heavy atom. The highest BCUT2D eigenvalue weighted by atomic mass is 16.6. The van der Waals surface area contributed by atoms with Crippen molar-refractivity contribution in [1.29, 1.82) is 0 Å². The molecule has 7 nitrogen and oxygen atoms in total. The van der Waals surface area contributed by atoms with Gasteiger partial charge in [0.1, 0.15) is 12.0 Å². The van der Waals surface area contributed by atoms with Crippen LogP contribution < -0.4 is 0 Å². The van der Waals surface area contributed by atoms with Crippen LogP contribution >= 0.6 is 0 Å². The molecule has 0 aromatic heterocycles. The van der Waals surface area contributed by atoms with E-state index < -0.39 is 11.6 Å². The van der Waals surface area contributed by atoms with Crippen LogP contribution in [-0.2, 0) is 19.1 Å². The summed E-state index contributed by atoms with van der Waals surface area (Å²) in [5.41, 5.74) is -0.537. The van der Waals surface area contributed by atoms with Crippen molar-refractivity contribution in [1.82, 2.24) is 9.80 Å². The normalized spacial score (nSPS) is 14.9. The zero-order valence-corrected chi connectivity index (χ0v) is 14.8. The first-order valence-corrected chi connectivity index (χ1v) is 8.11. The number of nitrogens with zero attached hydrogens (tertiary/aromatic N) is 2. The van der Waals surface area contributed by atoms with E-state index in [4.69, 9.17) is 9.47 Å². The predicted molar refractivity (Wildman–Crippen MR) is 84.8 cm³/mol. The number of carbonyl (C=O) groups is 3. The van der Waals surface area contributed by atoms with Crippen LogP contribution in [0.3, 0.4) is 0 Å². The zero-order chi connectivity index (χ0) is 17.6. The molecule has 0 aliphatic carbocycles. The summed E-state index contributed by atoms with van der Waals surface area (Å²) in [6.45, 7) is 10.8. The first-order chi connectivity index (χ1) is 10.7. The van der Waals surface area contributed by atoms with Gasteiger partial charge in [0, 0.05) is 19.6 Å². The van der Waals surface area contributed by atoms with Crippen molar-refractivity contribution < 1.29 is 23.9 Å². The molecule has 23 heavy (non-hydrogen) atoms. The van der Waals surface area contributed by atoms with E-state index in [1.54, 1.807) is 16.7 Å². The monoisotopic (exact) mass is 328 g/mol. The Bertz CT molecular complexity index is 438. The Balaban J connectivity index is 2.53. The third-order valence-corrected chi connectivity index (χ3v) is 3.34. The number of hydrogen-bond acceptors (Lipinski definition) is 5. The number of likely N-dealkylation sites (tertiary alicyclic amines) is 1. The van der Waals surface area contributed by atoms with E-state index in [1.165, 1.54) is 0 Å². The van der Waals surface area contributed by atoms with Gasteiger partial charge in [0.2, 0.25) is 5.91 Å². The second kappa shape index (κ2) is 8.17. The molecule has 1 rings (SSSR count). The highest BCUT2D eigenvalue weighted by Crippen LogP contribution is 2.20. The van der Waals surface area contributed by atoms with Crippen LogP contribution in [0.25, 0.3) is 0 Å². The zero-order valence-electron chi connectivity index (χ0n) is 14.8. The average molecular weight is 328 g/mol. The molecule has 7 heteroatoms. The number of rotatable bonds is 6. The minimum absolute atomic E-state index is 0.0654. The molecule has 0 saturated carbocycles. The molecule has 132 valence electrons. The minimum atomic E-state index is -0.537. The Morgan fingerprint density at radius 1 is 1.17 bits per heavy atom. The second-order valence-electron chi connectivity index (χ2n) is 6.61. The number of esters is 1. The van der Waals surface area contributed by atoms with E-state index in [-0.39, 0.29) is 31.1 Å². The standard InChI is InChI=1S/C16H28N2O5/c1-6-8-18(13(19)9-14(20)22-7-2)12-10-17(11-12)15(21)23-16(3,4)5/h12H,6-11H2,1-5H3. The predicted octanol–water partition coefficient (Wildman–Crippen LogP) is 1.80. The molecule has 1 aliphatic rings. The molecular weight excluding hydrogens is 300 g/mol. The van der Waals surface area contributed by atoms with Crippen LogP contribution in [0.4, 0.5) is 4.79 Å². The molecule has 2 amide bonds. The third-order valence-electron chi connectivity index (χ3n) is 3.34. The summed E-state index contributed by atoms with van der Waals surface area (Å²) in [6, 6.07) is -0.0654. The smallest absolute Gasteiger partial charge is 0.410 e. The van der Waals surface area contributed by atoms with Crippen LogP contribution in [-0.4, -0.2) is 65.7 Å². The van der Waals surface area contributed by atoms with E-state index in [0.717, 1.165) is 6.42 Å². The molecule has 0 atom stereocenters. The van der Waals surface area contributed by atoms with Crippen molar-refractivity contribution >= 4 is 18.0 Å². The fourth-order valence-electron chi connectivity index (χ4n) is 2.32.